The van der Waals surface area contributed by atoms with Crippen LogP contribution >= 0.6 is 0 Å². The van der Waals surface area contributed by atoms with Gasteiger partial charge in [-0.2, -0.15) is 0 Å². The SMILES string of the molecule is COC(=O)C1(NC(=O)c2nccc(-c3ccc(C(=O)NC4CCN(c5cccc6c5C(=O)N(C5CCC(=O)NC5=O)C6=O)CC4)cc3)c2O)Cc2ccccc2C1. The molecule has 2 fully saturated rings. The molecule has 15 nitrogen and oxygen atoms in total. The molecule has 290 valence electrons. The Morgan fingerprint density at radius 3 is 2.21 bits per heavy atom. The predicted molar refractivity (Wildman–Crippen MR) is 203 cm³/mol. The number of aromatic nitrogens is 1. The molecule has 0 bridgehead atoms. The summed E-state index contributed by atoms with van der Waals surface area (Å²) in [5, 5.41) is 19.3. The van der Waals surface area contributed by atoms with Crippen LogP contribution in [-0.2, 0) is 32.0 Å². The van der Waals surface area contributed by atoms with Crippen molar-refractivity contribution in [3.05, 3.63) is 113 Å². The highest BCUT2D eigenvalue weighted by Crippen LogP contribution is 2.37. The van der Waals surface area contributed by atoms with Crippen LogP contribution in [0.4, 0.5) is 5.69 Å². The molecule has 3 aliphatic heterocycles. The Hall–Kier alpha value is -6.90. The zero-order valence-electron chi connectivity index (χ0n) is 30.9. The van der Waals surface area contributed by atoms with Gasteiger partial charge in [0.2, 0.25) is 11.8 Å². The molecule has 1 aromatic heterocycles. The number of hydrogen-bond donors (Lipinski definition) is 4. The summed E-state index contributed by atoms with van der Waals surface area (Å²) >= 11 is 0. The molecular formula is C42H38N6O9. The molecule has 4 N–H and O–H groups in total. The largest absolute Gasteiger partial charge is 0.505 e. The summed E-state index contributed by atoms with van der Waals surface area (Å²) in [7, 11) is 1.26. The van der Waals surface area contributed by atoms with Crippen molar-refractivity contribution >= 4 is 47.1 Å². The molecule has 3 aromatic carbocycles. The molecule has 0 radical (unpaired) electrons. The Balaban J connectivity index is 0.901. The predicted octanol–water partition coefficient (Wildman–Crippen LogP) is 2.69. The highest BCUT2D eigenvalue weighted by molar-refractivity contribution is 6.25. The summed E-state index contributed by atoms with van der Waals surface area (Å²) in [6.07, 6.45) is 3.08. The average Bonchev–Trinajstić information content (AvgIpc) is 3.72. The number of piperidine rings is 2. The van der Waals surface area contributed by atoms with Crippen molar-refractivity contribution in [2.75, 3.05) is 25.1 Å². The molecule has 57 heavy (non-hydrogen) atoms. The lowest BCUT2D eigenvalue weighted by atomic mass is 9.95. The van der Waals surface area contributed by atoms with E-state index in [1.807, 2.05) is 29.2 Å². The van der Waals surface area contributed by atoms with Gasteiger partial charge in [-0.05, 0) is 66.3 Å². The number of carbonyl (C=O) groups excluding carboxylic acids is 7. The van der Waals surface area contributed by atoms with E-state index in [9.17, 15) is 38.7 Å². The number of imide groups is 2. The second-order valence-electron chi connectivity index (χ2n) is 14.7. The van der Waals surface area contributed by atoms with E-state index in [1.165, 1.54) is 13.3 Å². The maximum Gasteiger partial charge on any atom is 0.332 e. The molecule has 15 heteroatoms. The Bertz CT molecular complexity index is 2340. The lowest BCUT2D eigenvalue weighted by molar-refractivity contribution is -0.148. The first-order valence-electron chi connectivity index (χ1n) is 18.6. The Labute approximate surface area is 326 Å². The van der Waals surface area contributed by atoms with E-state index in [-0.39, 0.29) is 60.2 Å². The van der Waals surface area contributed by atoms with E-state index in [1.54, 1.807) is 48.5 Å². The number of amides is 6. The molecule has 4 aliphatic rings. The summed E-state index contributed by atoms with van der Waals surface area (Å²) in [5.74, 6) is -4.26. The number of methoxy groups -OCH3 is 1. The van der Waals surface area contributed by atoms with Gasteiger partial charge in [0.05, 0.1) is 23.9 Å². The van der Waals surface area contributed by atoms with Gasteiger partial charge in [0, 0.05) is 55.7 Å². The third kappa shape index (κ3) is 6.64. The normalized spacial score (nSPS) is 18.8. The third-order valence-corrected chi connectivity index (χ3v) is 11.2. The summed E-state index contributed by atoms with van der Waals surface area (Å²) in [6.45, 7) is 0.982. The number of ether oxygens (including phenoxy) is 1. The van der Waals surface area contributed by atoms with Crippen LogP contribution in [0.5, 0.6) is 5.75 Å². The van der Waals surface area contributed by atoms with E-state index in [2.05, 4.69) is 20.9 Å². The molecule has 2 saturated heterocycles. The summed E-state index contributed by atoms with van der Waals surface area (Å²) in [6, 6.07) is 19.4. The molecule has 4 aromatic rings. The van der Waals surface area contributed by atoms with Gasteiger partial charge in [0.25, 0.3) is 23.6 Å². The van der Waals surface area contributed by atoms with Crippen molar-refractivity contribution < 1.29 is 43.4 Å². The van der Waals surface area contributed by atoms with Gasteiger partial charge in [-0.25, -0.2) is 9.78 Å². The topological polar surface area (TPSA) is 204 Å². The lowest BCUT2D eigenvalue weighted by Gasteiger charge is -2.35. The first-order valence-corrected chi connectivity index (χ1v) is 18.6. The van der Waals surface area contributed by atoms with E-state index in [4.69, 9.17) is 4.74 Å². The van der Waals surface area contributed by atoms with Gasteiger partial charge >= 0.3 is 5.97 Å². The number of nitrogens with zero attached hydrogens (tertiary/aromatic N) is 3. The third-order valence-electron chi connectivity index (χ3n) is 11.2. The van der Waals surface area contributed by atoms with Gasteiger partial charge in [0.1, 0.15) is 11.6 Å². The first-order chi connectivity index (χ1) is 27.5. The van der Waals surface area contributed by atoms with Gasteiger partial charge < -0.3 is 25.4 Å². The molecular weight excluding hydrogens is 732 g/mol. The van der Waals surface area contributed by atoms with Gasteiger partial charge in [-0.15, -0.1) is 0 Å². The average molecular weight is 771 g/mol. The minimum Gasteiger partial charge on any atom is -0.505 e. The fourth-order valence-electron chi connectivity index (χ4n) is 8.32. The van der Waals surface area contributed by atoms with Crippen LogP contribution in [0.3, 0.4) is 0 Å². The number of anilines is 1. The molecule has 6 amide bonds. The first kappa shape index (κ1) is 37.0. The van der Waals surface area contributed by atoms with Crippen molar-refractivity contribution in [1.82, 2.24) is 25.8 Å². The number of hydrogen-bond acceptors (Lipinski definition) is 11. The van der Waals surface area contributed by atoms with E-state index < -0.39 is 47.1 Å². The zero-order chi connectivity index (χ0) is 40.0. The van der Waals surface area contributed by atoms with Crippen molar-refractivity contribution in [2.24, 2.45) is 0 Å². The number of esters is 1. The Morgan fingerprint density at radius 1 is 0.842 bits per heavy atom. The van der Waals surface area contributed by atoms with Crippen LogP contribution in [0.1, 0.15) is 78.4 Å². The van der Waals surface area contributed by atoms with Gasteiger partial charge in [0.15, 0.2) is 11.4 Å². The summed E-state index contributed by atoms with van der Waals surface area (Å²) < 4.78 is 5.07. The molecule has 8 rings (SSSR count). The highest BCUT2D eigenvalue weighted by Gasteiger charge is 2.48. The van der Waals surface area contributed by atoms with E-state index >= 15 is 0 Å². The van der Waals surface area contributed by atoms with Crippen LogP contribution in [0.25, 0.3) is 11.1 Å². The molecule has 1 unspecified atom stereocenters. The molecule has 0 spiro atoms. The number of aromatic hydroxyl groups is 1. The maximum absolute atomic E-state index is 13.6. The van der Waals surface area contributed by atoms with Gasteiger partial charge in [-0.1, -0.05) is 42.5 Å². The summed E-state index contributed by atoms with van der Waals surface area (Å²) in [5.41, 5.74) is 2.45. The molecule has 1 aliphatic carbocycles. The minimum absolute atomic E-state index is 0.0350. The van der Waals surface area contributed by atoms with Crippen molar-refractivity contribution in [1.29, 1.82) is 0 Å². The van der Waals surface area contributed by atoms with Gasteiger partial charge in [-0.3, -0.25) is 39.0 Å². The number of pyridine rings is 1. The second-order valence-corrected chi connectivity index (χ2v) is 14.7. The van der Waals surface area contributed by atoms with Crippen molar-refractivity contribution in [3.63, 3.8) is 0 Å². The van der Waals surface area contributed by atoms with Crippen LogP contribution < -0.4 is 20.9 Å². The smallest absolute Gasteiger partial charge is 0.332 e. The van der Waals surface area contributed by atoms with Crippen LogP contribution in [0.2, 0.25) is 0 Å². The number of fused-ring (bicyclic) bond motifs is 2. The van der Waals surface area contributed by atoms with Crippen molar-refractivity contribution in [3.8, 4) is 16.9 Å². The van der Waals surface area contributed by atoms with Crippen LogP contribution in [0, 0.1) is 0 Å². The standard InChI is InChI=1S/C42H38N6O9/c1-57-41(56)42(21-25-5-2-3-6-26(25)22-42)46-38(53)34-35(50)28(15-18-43-34)23-9-11-24(12-10-23)36(51)44-27-16-19-47(20-17-27)30-8-4-7-29-33(30)40(55)48(39(29)54)31-13-14-32(49)45-37(31)52/h2-12,15,18,27,31,50H,13-14,16-17,19-22H2,1H3,(H,44,51)(H,46,53)(H,45,49,52). The number of rotatable bonds is 8. The van der Waals surface area contributed by atoms with Crippen molar-refractivity contribution in [2.45, 2.75) is 56.1 Å². The van der Waals surface area contributed by atoms with E-state index in [0.717, 1.165) is 16.0 Å². The summed E-state index contributed by atoms with van der Waals surface area (Å²) in [4.78, 5) is 98.0. The zero-order valence-corrected chi connectivity index (χ0v) is 30.9. The second kappa shape index (κ2) is 14.6. The number of carbonyl (C=O) groups is 7. The van der Waals surface area contributed by atoms with Crippen LogP contribution in [0.15, 0.2) is 79.0 Å². The Kier molecular flexibility index (Phi) is 9.51. The maximum atomic E-state index is 13.6. The number of nitrogens with one attached hydrogen (secondary N) is 3. The van der Waals surface area contributed by atoms with Crippen LogP contribution in [-0.4, -0.2) is 94.2 Å². The quantitative estimate of drug-likeness (QED) is 0.152. The minimum atomic E-state index is -1.35. The van der Waals surface area contributed by atoms with E-state index in [0.29, 0.717) is 48.3 Å². The molecule has 0 saturated carbocycles. The lowest BCUT2D eigenvalue weighted by Crippen LogP contribution is -2.56. The fourth-order valence-corrected chi connectivity index (χ4v) is 8.32. The number of benzene rings is 3. The fraction of sp³-hybridized carbons (Fsp3) is 0.286. The monoisotopic (exact) mass is 770 g/mol. The Morgan fingerprint density at radius 2 is 1.54 bits per heavy atom. The molecule has 1 atom stereocenters. The molecule has 4 heterocycles. The highest BCUT2D eigenvalue weighted by atomic mass is 16.5.